The maximum absolute atomic E-state index is 12.6. The van der Waals surface area contributed by atoms with E-state index in [0.29, 0.717) is 11.8 Å². The SMILES string of the molecule is CCC(c1ccc(O[Si](C)(C)C(C)(C)C)cc1)C(CC)c1ccc(O[Si](C)(C)C(C)(C)C)c(NC(=O)CCCl)c1. The van der Waals surface area contributed by atoms with Crippen LogP contribution < -0.4 is 14.2 Å². The average Bonchev–Trinajstić information content (AvgIpc) is 2.82. The first-order chi connectivity index (χ1) is 18.4. The van der Waals surface area contributed by atoms with Gasteiger partial charge < -0.3 is 14.2 Å². The third-order valence-electron chi connectivity index (χ3n) is 9.05. The van der Waals surface area contributed by atoms with Crippen LogP contribution in [0, 0.1) is 0 Å². The zero-order valence-electron chi connectivity index (χ0n) is 27.1. The highest BCUT2D eigenvalue weighted by Gasteiger charge is 2.40. The molecule has 1 N–H and O–H groups in total. The zero-order valence-corrected chi connectivity index (χ0v) is 29.9. The lowest BCUT2D eigenvalue weighted by molar-refractivity contribution is -0.115. The van der Waals surface area contributed by atoms with Gasteiger partial charge in [-0.3, -0.25) is 4.79 Å². The van der Waals surface area contributed by atoms with E-state index < -0.39 is 16.6 Å². The topological polar surface area (TPSA) is 47.6 Å². The van der Waals surface area contributed by atoms with Gasteiger partial charge in [0.2, 0.25) is 14.2 Å². The van der Waals surface area contributed by atoms with Crippen LogP contribution in [0.4, 0.5) is 5.69 Å². The minimum Gasteiger partial charge on any atom is -0.544 e. The van der Waals surface area contributed by atoms with Gasteiger partial charge in [-0.15, -0.1) is 11.6 Å². The largest absolute Gasteiger partial charge is 0.544 e. The van der Waals surface area contributed by atoms with E-state index in [2.05, 4.69) is 129 Å². The Bertz CT molecular complexity index is 1120. The molecule has 7 heteroatoms. The van der Waals surface area contributed by atoms with E-state index in [1.54, 1.807) is 0 Å². The van der Waals surface area contributed by atoms with Gasteiger partial charge in [0, 0.05) is 12.3 Å². The Labute approximate surface area is 251 Å². The number of halogens is 1. The molecule has 2 atom stereocenters. The summed E-state index contributed by atoms with van der Waals surface area (Å²) in [4.78, 5) is 12.6. The molecule has 0 heterocycles. The molecule has 1 amide bonds. The van der Waals surface area contributed by atoms with Gasteiger partial charge in [0.25, 0.3) is 8.32 Å². The molecule has 0 radical (unpaired) electrons. The lowest BCUT2D eigenvalue weighted by atomic mass is 9.78. The first kappa shape index (κ1) is 34.4. The molecule has 0 saturated heterocycles. The van der Waals surface area contributed by atoms with Gasteiger partial charge in [0.1, 0.15) is 11.5 Å². The Kier molecular flexibility index (Phi) is 11.6. The predicted molar refractivity (Wildman–Crippen MR) is 179 cm³/mol. The van der Waals surface area contributed by atoms with Crippen LogP contribution in [0.15, 0.2) is 42.5 Å². The van der Waals surface area contributed by atoms with Crippen LogP contribution in [0.3, 0.4) is 0 Å². The molecule has 0 aromatic heterocycles. The Morgan fingerprint density at radius 1 is 0.800 bits per heavy atom. The van der Waals surface area contributed by atoms with Crippen molar-refractivity contribution in [2.45, 2.75) is 123 Å². The van der Waals surface area contributed by atoms with Crippen molar-refractivity contribution in [2.24, 2.45) is 0 Å². The van der Waals surface area contributed by atoms with Gasteiger partial charge in [-0.25, -0.2) is 0 Å². The first-order valence-electron chi connectivity index (χ1n) is 14.8. The smallest absolute Gasteiger partial charge is 0.250 e. The standard InChI is InChI=1S/C33H54ClNO3Si2/c1-13-27(24-15-18-26(19-16-24)37-39(9,10)32(3,4)5)28(14-2)25-17-20-30(38-40(11,12)33(6,7)8)29(23-25)35-31(36)21-22-34/h15-20,23,27-28H,13-14,21-22H2,1-12H3,(H,35,36). The van der Waals surface area contributed by atoms with Gasteiger partial charge in [-0.05, 0) is 96.3 Å². The van der Waals surface area contributed by atoms with Crippen molar-refractivity contribution in [3.05, 3.63) is 53.6 Å². The fourth-order valence-corrected chi connectivity index (χ4v) is 6.66. The van der Waals surface area contributed by atoms with E-state index in [-0.39, 0.29) is 28.3 Å². The number of carbonyl (C=O) groups excluding carboxylic acids is 1. The number of anilines is 1. The number of carbonyl (C=O) groups is 1. The Morgan fingerprint density at radius 3 is 1.75 bits per heavy atom. The second-order valence-electron chi connectivity index (χ2n) is 14.1. The molecule has 2 aromatic carbocycles. The van der Waals surface area contributed by atoms with Crippen LogP contribution in [0.2, 0.25) is 36.3 Å². The lowest BCUT2D eigenvalue weighted by Crippen LogP contribution is -2.44. The van der Waals surface area contributed by atoms with Crippen molar-refractivity contribution >= 4 is 39.8 Å². The minimum atomic E-state index is -2.10. The molecule has 0 aliphatic carbocycles. The van der Waals surface area contributed by atoms with Gasteiger partial charge in [-0.2, -0.15) is 0 Å². The number of hydrogen-bond acceptors (Lipinski definition) is 3. The van der Waals surface area contributed by atoms with Crippen LogP contribution >= 0.6 is 11.6 Å². The van der Waals surface area contributed by atoms with Crippen molar-refractivity contribution in [3.63, 3.8) is 0 Å². The van der Waals surface area contributed by atoms with Crippen LogP contribution in [-0.2, 0) is 4.79 Å². The Morgan fingerprint density at radius 2 is 1.27 bits per heavy atom. The summed E-state index contributed by atoms with van der Waals surface area (Å²) in [5.41, 5.74) is 3.26. The van der Waals surface area contributed by atoms with Crippen molar-refractivity contribution in [3.8, 4) is 11.5 Å². The third-order valence-corrected chi connectivity index (χ3v) is 17.9. The van der Waals surface area contributed by atoms with Crippen LogP contribution in [-0.4, -0.2) is 28.4 Å². The predicted octanol–water partition coefficient (Wildman–Crippen LogP) is 10.7. The molecule has 4 nitrogen and oxygen atoms in total. The van der Waals surface area contributed by atoms with E-state index >= 15 is 0 Å². The molecular formula is C33H54ClNO3Si2. The molecule has 2 rings (SSSR count). The molecule has 2 unspecified atom stereocenters. The fourth-order valence-electron chi connectivity index (χ4n) is 4.43. The summed E-state index contributed by atoms with van der Waals surface area (Å²) < 4.78 is 13.2. The van der Waals surface area contributed by atoms with E-state index in [0.717, 1.165) is 30.0 Å². The maximum atomic E-state index is 12.6. The van der Waals surface area contributed by atoms with Crippen molar-refractivity contribution in [2.75, 3.05) is 11.2 Å². The average molecular weight is 604 g/mol. The Balaban J connectivity index is 2.44. The summed E-state index contributed by atoms with van der Waals surface area (Å²) in [6.07, 6.45) is 2.26. The minimum absolute atomic E-state index is 0.0445. The summed E-state index contributed by atoms with van der Waals surface area (Å²) in [6.45, 7) is 27.0. The highest BCUT2D eigenvalue weighted by atomic mass is 35.5. The summed E-state index contributed by atoms with van der Waals surface area (Å²) in [7, 11) is -3.99. The molecule has 0 saturated carbocycles. The third kappa shape index (κ3) is 8.62. The van der Waals surface area contributed by atoms with E-state index in [9.17, 15) is 4.79 Å². The van der Waals surface area contributed by atoms with Gasteiger partial charge >= 0.3 is 0 Å². The van der Waals surface area contributed by atoms with Crippen LogP contribution in [0.5, 0.6) is 11.5 Å². The molecular weight excluding hydrogens is 550 g/mol. The number of alkyl halides is 1. The van der Waals surface area contributed by atoms with Crippen molar-refractivity contribution in [1.82, 2.24) is 0 Å². The summed E-state index contributed by atoms with van der Waals surface area (Å²) in [5.74, 6) is 2.52. The van der Waals surface area contributed by atoms with Crippen LogP contribution in [0.1, 0.15) is 97.6 Å². The monoisotopic (exact) mass is 603 g/mol. The van der Waals surface area contributed by atoms with Crippen LogP contribution in [0.25, 0.3) is 0 Å². The van der Waals surface area contributed by atoms with E-state index in [4.69, 9.17) is 20.5 Å². The van der Waals surface area contributed by atoms with Gasteiger partial charge in [0.05, 0.1) is 5.69 Å². The number of hydrogen-bond donors (Lipinski definition) is 1. The maximum Gasteiger partial charge on any atom is 0.250 e. The second-order valence-corrected chi connectivity index (χ2v) is 23.9. The summed E-state index contributed by atoms with van der Waals surface area (Å²) in [6, 6.07) is 15.1. The second kappa shape index (κ2) is 13.5. The molecule has 224 valence electrons. The van der Waals surface area contributed by atoms with E-state index in [1.807, 2.05) is 0 Å². The number of nitrogens with one attached hydrogen (secondary N) is 1. The van der Waals surface area contributed by atoms with E-state index in [1.165, 1.54) is 11.1 Å². The molecule has 0 aliphatic heterocycles. The quantitative estimate of drug-likeness (QED) is 0.194. The lowest BCUT2D eigenvalue weighted by Gasteiger charge is -2.37. The summed E-state index contributed by atoms with van der Waals surface area (Å²) in [5, 5.41) is 3.30. The Hall–Kier alpha value is -1.77. The van der Waals surface area contributed by atoms with Crippen molar-refractivity contribution in [1.29, 1.82) is 0 Å². The molecule has 40 heavy (non-hydrogen) atoms. The molecule has 2 aromatic rings. The normalized spacial score (nSPS) is 14.4. The number of rotatable bonds is 12. The molecule has 0 aliphatic rings. The highest BCUT2D eigenvalue weighted by Crippen LogP contribution is 2.44. The summed E-state index contributed by atoms with van der Waals surface area (Å²) >= 11 is 5.88. The highest BCUT2D eigenvalue weighted by molar-refractivity contribution is 6.75. The molecule has 0 spiro atoms. The number of benzene rings is 2. The zero-order chi connectivity index (χ0) is 30.5. The fraction of sp³-hybridized carbons (Fsp3) is 0.606. The number of amides is 1. The molecule has 0 bridgehead atoms. The van der Waals surface area contributed by atoms with Crippen molar-refractivity contribution < 1.29 is 13.6 Å². The molecule has 0 fully saturated rings. The first-order valence-corrected chi connectivity index (χ1v) is 21.2. The van der Waals surface area contributed by atoms with Gasteiger partial charge in [0.15, 0.2) is 0 Å². The van der Waals surface area contributed by atoms with Gasteiger partial charge in [-0.1, -0.05) is 73.6 Å².